The van der Waals surface area contributed by atoms with Gasteiger partial charge in [-0.1, -0.05) is 6.07 Å². The number of piperidine rings is 1. The topological polar surface area (TPSA) is 97.5 Å². The van der Waals surface area contributed by atoms with Gasteiger partial charge in [0.05, 0.1) is 11.5 Å². The molecule has 2 bridgehead atoms. The largest absolute Gasteiger partial charge is 0.325 e. The maximum Gasteiger partial charge on any atom is 0.269 e. The van der Waals surface area contributed by atoms with E-state index in [4.69, 9.17) is 0 Å². The van der Waals surface area contributed by atoms with Crippen molar-refractivity contribution in [2.24, 2.45) is 5.92 Å². The summed E-state index contributed by atoms with van der Waals surface area (Å²) in [6.07, 6.45) is 1.05. The number of hydrogen-bond donors (Lipinski definition) is 1. The van der Waals surface area contributed by atoms with Crippen LogP contribution < -0.4 is 10.9 Å². The zero-order valence-electron chi connectivity index (χ0n) is 14.7. The van der Waals surface area contributed by atoms with Crippen molar-refractivity contribution >= 4 is 17.3 Å². The fourth-order valence-corrected chi connectivity index (χ4v) is 4.19. The number of carbonyl (C=O) groups is 1. The quantitative estimate of drug-likeness (QED) is 0.656. The van der Waals surface area contributed by atoms with Gasteiger partial charge in [0.25, 0.3) is 11.2 Å². The van der Waals surface area contributed by atoms with Crippen LogP contribution in [0.5, 0.6) is 0 Å². The molecule has 0 radical (unpaired) electrons. The van der Waals surface area contributed by atoms with Crippen molar-refractivity contribution in [3.8, 4) is 0 Å². The van der Waals surface area contributed by atoms with E-state index < -0.39 is 4.92 Å². The number of nitro groups is 1. The first kappa shape index (κ1) is 17.4. The van der Waals surface area contributed by atoms with Crippen molar-refractivity contribution in [2.45, 2.75) is 18.9 Å². The second kappa shape index (κ2) is 6.96. The lowest BCUT2D eigenvalue weighted by atomic mass is 9.83. The van der Waals surface area contributed by atoms with Gasteiger partial charge < -0.3 is 9.88 Å². The Morgan fingerprint density at radius 3 is 2.67 bits per heavy atom. The molecule has 1 aromatic carbocycles. The van der Waals surface area contributed by atoms with Gasteiger partial charge in [-0.15, -0.1) is 0 Å². The molecule has 4 rings (SSSR count). The van der Waals surface area contributed by atoms with Crippen molar-refractivity contribution in [2.75, 3.05) is 25.0 Å². The number of pyridine rings is 1. The highest BCUT2D eigenvalue weighted by molar-refractivity contribution is 5.92. The molecule has 0 spiro atoms. The van der Waals surface area contributed by atoms with E-state index in [1.54, 1.807) is 12.1 Å². The van der Waals surface area contributed by atoms with E-state index in [0.29, 0.717) is 18.2 Å². The maximum absolute atomic E-state index is 12.4. The predicted octanol–water partition coefficient (Wildman–Crippen LogP) is 1.81. The summed E-state index contributed by atoms with van der Waals surface area (Å²) in [5.74, 6) is 0.483. The molecule has 2 aromatic rings. The maximum atomic E-state index is 12.4. The first-order valence-electron chi connectivity index (χ1n) is 8.96. The van der Waals surface area contributed by atoms with Crippen molar-refractivity contribution in [3.63, 3.8) is 0 Å². The van der Waals surface area contributed by atoms with E-state index in [1.165, 1.54) is 24.3 Å². The van der Waals surface area contributed by atoms with Crippen LogP contribution in [0.25, 0.3) is 0 Å². The Kier molecular flexibility index (Phi) is 4.49. The summed E-state index contributed by atoms with van der Waals surface area (Å²) in [4.78, 5) is 36.8. The zero-order valence-corrected chi connectivity index (χ0v) is 14.7. The predicted molar refractivity (Wildman–Crippen MR) is 99.7 cm³/mol. The van der Waals surface area contributed by atoms with E-state index in [0.717, 1.165) is 25.2 Å². The van der Waals surface area contributed by atoms with Crippen LogP contribution >= 0.6 is 0 Å². The number of nitro benzene ring substituents is 1. The average molecular weight is 368 g/mol. The molecule has 0 saturated carbocycles. The third-order valence-corrected chi connectivity index (χ3v) is 5.28. The van der Waals surface area contributed by atoms with Gasteiger partial charge in [0, 0.05) is 55.1 Å². The minimum absolute atomic E-state index is 0.00855. The third-order valence-electron chi connectivity index (χ3n) is 5.28. The highest BCUT2D eigenvalue weighted by Gasteiger charge is 2.34. The minimum Gasteiger partial charge on any atom is -0.325 e. The van der Waals surface area contributed by atoms with Gasteiger partial charge in [0.1, 0.15) is 0 Å². The lowest BCUT2D eigenvalue weighted by molar-refractivity contribution is -0.384. The molecule has 0 aliphatic carbocycles. The first-order valence-corrected chi connectivity index (χ1v) is 8.96. The van der Waals surface area contributed by atoms with Crippen molar-refractivity contribution in [1.82, 2.24) is 9.47 Å². The summed E-state index contributed by atoms with van der Waals surface area (Å²) in [5, 5.41) is 13.5. The lowest BCUT2D eigenvalue weighted by Gasteiger charge is -2.42. The summed E-state index contributed by atoms with van der Waals surface area (Å²) < 4.78 is 1.87. The number of anilines is 1. The summed E-state index contributed by atoms with van der Waals surface area (Å²) in [6, 6.07) is 11.2. The number of benzene rings is 1. The SMILES string of the molecule is O=C(CN1C[C@@H]2C[C@H](C1)c1cccc(=O)n1C2)Nc1ccc([N+](=O)[O-])cc1. The fourth-order valence-electron chi connectivity index (χ4n) is 4.19. The van der Waals surface area contributed by atoms with Crippen LogP contribution in [-0.2, 0) is 11.3 Å². The molecule has 2 atom stereocenters. The smallest absolute Gasteiger partial charge is 0.269 e. The Balaban J connectivity index is 1.40. The van der Waals surface area contributed by atoms with Crippen LogP contribution in [0.15, 0.2) is 47.3 Å². The molecule has 27 heavy (non-hydrogen) atoms. The van der Waals surface area contributed by atoms with Crippen LogP contribution in [0.2, 0.25) is 0 Å². The Morgan fingerprint density at radius 2 is 1.93 bits per heavy atom. The summed E-state index contributed by atoms with van der Waals surface area (Å²) >= 11 is 0. The van der Waals surface area contributed by atoms with Crippen LogP contribution in [0.3, 0.4) is 0 Å². The summed E-state index contributed by atoms with van der Waals surface area (Å²) in [5.41, 5.74) is 1.64. The minimum atomic E-state index is -0.471. The molecule has 1 saturated heterocycles. The van der Waals surface area contributed by atoms with E-state index in [-0.39, 0.29) is 29.6 Å². The number of non-ortho nitro benzene ring substituents is 1. The first-order chi connectivity index (χ1) is 13.0. The molecule has 1 fully saturated rings. The number of rotatable bonds is 4. The Morgan fingerprint density at radius 1 is 1.15 bits per heavy atom. The molecule has 140 valence electrons. The molecule has 3 heterocycles. The number of nitrogens with zero attached hydrogens (tertiary/aromatic N) is 3. The van der Waals surface area contributed by atoms with E-state index >= 15 is 0 Å². The van der Waals surface area contributed by atoms with Crippen LogP contribution in [0, 0.1) is 16.0 Å². The number of likely N-dealkylation sites (tertiary alicyclic amines) is 1. The van der Waals surface area contributed by atoms with Crippen molar-refractivity contribution in [1.29, 1.82) is 0 Å². The van der Waals surface area contributed by atoms with Gasteiger partial charge in [-0.3, -0.25) is 24.6 Å². The van der Waals surface area contributed by atoms with Crippen LogP contribution in [0.1, 0.15) is 18.0 Å². The molecular weight excluding hydrogens is 348 g/mol. The number of hydrogen-bond acceptors (Lipinski definition) is 5. The fraction of sp³-hybridized carbons (Fsp3) is 0.368. The molecule has 0 unspecified atom stereocenters. The second-order valence-corrected chi connectivity index (χ2v) is 7.24. The Labute approximate surface area is 155 Å². The van der Waals surface area contributed by atoms with Crippen molar-refractivity contribution < 1.29 is 9.72 Å². The van der Waals surface area contributed by atoms with Crippen LogP contribution in [0.4, 0.5) is 11.4 Å². The monoisotopic (exact) mass is 368 g/mol. The number of aromatic nitrogens is 1. The van der Waals surface area contributed by atoms with E-state index in [2.05, 4.69) is 10.2 Å². The summed E-state index contributed by atoms with van der Waals surface area (Å²) in [7, 11) is 0. The molecule has 8 nitrogen and oxygen atoms in total. The van der Waals surface area contributed by atoms with Crippen LogP contribution in [-0.4, -0.2) is 39.9 Å². The number of amides is 1. The van der Waals surface area contributed by atoms with Gasteiger partial charge in [-0.2, -0.15) is 0 Å². The highest BCUT2D eigenvalue weighted by atomic mass is 16.6. The number of nitrogens with one attached hydrogen (secondary N) is 1. The van der Waals surface area contributed by atoms with E-state index in [9.17, 15) is 19.7 Å². The van der Waals surface area contributed by atoms with Gasteiger partial charge in [0.2, 0.25) is 5.91 Å². The molecule has 1 aromatic heterocycles. The van der Waals surface area contributed by atoms with Gasteiger partial charge in [-0.25, -0.2) is 0 Å². The highest BCUT2D eigenvalue weighted by Crippen LogP contribution is 2.34. The normalized spacial score (nSPS) is 21.3. The Hall–Kier alpha value is -3.00. The van der Waals surface area contributed by atoms with E-state index in [1.807, 2.05) is 10.6 Å². The number of fused-ring (bicyclic) bond motifs is 4. The van der Waals surface area contributed by atoms with Gasteiger partial charge in [-0.05, 0) is 30.5 Å². The molecule has 1 amide bonds. The van der Waals surface area contributed by atoms with Gasteiger partial charge in [0.15, 0.2) is 0 Å². The molecule has 1 N–H and O–H groups in total. The molecule has 2 aliphatic rings. The number of carbonyl (C=O) groups excluding carboxylic acids is 1. The Bertz CT molecular complexity index is 937. The average Bonchev–Trinajstić information content (AvgIpc) is 2.63. The third kappa shape index (κ3) is 3.61. The summed E-state index contributed by atoms with van der Waals surface area (Å²) in [6.45, 7) is 2.49. The second-order valence-electron chi connectivity index (χ2n) is 7.24. The van der Waals surface area contributed by atoms with Crippen molar-refractivity contribution in [3.05, 3.63) is 68.6 Å². The molecule has 8 heteroatoms. The zero-order chi connectivity index (χ0) is 19.0. The lowest BCUT2D eigenvalue weighted by Crippen LogP contribution is -2.49. The van der Waals surface area contributed by atoms with Gasteiger partial charge >= 0.3 is 0 Å². The molecule has 2 aliphatic heterocycles. The standard InChI is InChI=1S/C19H20N4O4/c24-18(20-15-4-6-16(7-5-15)23(26)27)12-21-9-13-8-14(11-21)17-2-1-3-19(25)22(17)10-13/h1-7,13-14H,8-12H2,(H,20,24)/t13-,14+/m0/s1. The molecular formula is C19H20N4O4.